The van der Waals surface area contributed by atoms with Gasteiger partial charge >= 0.3 is 0 Å². The molecule has 0 saturated heterocycles. The Morgan fingerprint density at radius 3 is 2.70 bits per heavy atom. The molecule has 0 spiro atoms. The molecule has 4 heteroatoms. The van der Waals surface area contributed by atoms with Crippen molar-refractivity contribution in [3.05, 3.63) is 64.2 Å². The average Bonchev–Trinajstić information content (AvgIpc) is 2.47. The Kier molecular flexibility index (Phi) is 4.99. The van der Waals surface area contributed by atoms with Crippen LogP contribution in [0.5, 0.6) is 5.75 Å². The molecule has 0 aliphatic heterocycles. The Morgan fingerprint density at radius 1 is 1.20 bits per heavy atom. The Labute approximate surface area is 117 Å². The van der Waals surface area contributed by atoms with Crippen LogP contribution in [0, 0.1) is 12.0 Å². The van der Waals surface area contributed by atoms with Gasteiger partial charge in [-0.2, -0.15) is 0 Å². The third kappa shape index (κ3) is 4.01. The molecule has 0 saturated carbocycles. The minimum atomic E-state index is -0.280. The summed E-state index contributed by atoms with van der Waals surface area (Å²) in [5.41, 5.74) is 0.783. The van der Waals surface area contributed by atoms with E-state index < -0.39 is 0 Å². The Hall–Kier alpha value is -2.51. The van der Waals surface area contributed by atoms with Gasteiger partial charge in [0.25, 0.3) is 0 Å². The number of hydrogen-bond acceptors (Lipinski definition) is 4. The van der Waals surface area contributed by atoms with E-state index in [2.05, 4.69) is 12.0 Å². The second kappa shape index (κ2) is 7.17. The first-order chi connectivity index (χ1) is 9.79. The Balaban J connectivity index is 1.91. The SMILES string of the molecule is CC#COc1coc(COCc2ccccc2)cc1=O. The van der Waals surface area contributed by atoms with Gasteiger partial charge in [0, 0.05) is 13.0 Å². The molecule has 0 aliphatic carbocycles. The highest BCUT2D eigenvalue weighted by Gasteiger charge is 2.04. The fourth-order valence-electron chi connectivity index (χ4n) is 1.54. The van der Waals surface area contributed by atoms with E-state index in [1.807, 2.05) is 30.3 Å². The van der Waals surface area contributed by atoms with E-state index >= 15 is 0 Å². The molecule has 20 heavy (non-hydrogen) atoms. The minimum absolute atomic E-state index is 0.0751. The summed E-state index contributed by atoms with van der Waals surface area (Å²) >= 11 is 0. The molecule has 0 atom stereocenters. The normalized spacial score (nSPS) is 9.65. The van der Waals surface area contributed by atoms with Crippen molar-refractivity contribution in [2.45, 2.75) is 20.1 Å². The molecule has 0 radical (unpaired) electrons. The predicted octanol–water partition coefficient (Wildman–Crippen LogP) is 2.72. The molecule has 2 rings (SSSR count). The number of hydrogen-bond donors (Lipinski definition) is 0. The summed E-state index contributed by atoms with van der Waals surface area (Å²) < 4.78 is 15.6. The lowest BCUT2D eigenvalue weighted by atomic mass is 10.2. The summed E-state index contributed by atoms with van der Waals surface area (Å²) in [4.78, 5) is 11.7. The first-order valence-electron chi connectivity index (χ1n) is 6.11. The summed E-state index contributed by atoms with van der Waals surface area (Å²) in [5, 5.41) is 0. The summed E-state index contributed by atoms with van der Waals surface area (Å²) in [7, 11) is 0. The van der Waals surface area contributed by atoms with E-state index in [0.29, 0.717) is 12.4 Å². The van der Waals surface area contributed by atoms with Crippen molar-refractivity contribution in [3.63, 3.8) is 0 Å². The van der Waals surface area contributed by atoms with E-state index in [-0.39, 0.29) is 17.8 Å². The van der Waals surface area contributed by atoms with Crippen LogP contribution in [0.1, 0.15) is 18.2 Å². The van der Waals surface area contributed by atoms with E-state index in [1.54, 1.807) is 6.92 Å². The maximum Gasteiger partial charge on any atom is 0.228 e. The minimum Gasteiger partial charge on any atom is -0.463 e. The molecule has 1 aromatic carbocycles. The molecule has 0 aliphatic rings. The van der Waals surface area contributed by atoms with Gasteiger partial charge in [0.15, 0.2) is 0 Å². The van der Waals surface area contributed by atoms with Crippen LogP contribution in [-0.2, 0) is 18.0 Å². The Morgan fingerprint density at radius 2 is 2.00 bits per heavy atom. The zero-order valence-corrected chi connectivity index (χ0v) is 11.1. The van der Waals surface area contributed by atoms with Gasteiger partial charge in [0.2, 0.25) is 11.2 Å². The van der Waals surface area contributed by atoms with Crippen molar-refractivity contribution in [2.24, 2.45) is 0 Å². The zero-order chi connectivity index (χ0) is 14.2. The van der Waals surface area contributed by atoms with Crippen molar-refractivity contribution in [3.8, 4) is 17.8 Å². The average molecular weight is 270 g/mol. The summed E-state index contributed by atoms with van der Waals surface area (Å²) in [6.45, 7) is 2.31. The molecular formula is C16H14O4. The number of benzene rings is 1. The van der Waals surface area contributed by atoms with E-state index in [1.165, 1.54) is 12.3 Å². The van der Waals surface area contributed by atoms with Crippen LogP contribution < -0.4 is 10.2 Å². The summed E-state index contributed by atoms with van der Waals surface area (Å²) in [6.07, 6.45) is 3.59. The Bertz CT molecular complexity index is 662. The number of rotatable bonds is 5. The van der Waals surface area contributed by atoms with Gasteiger partial charge in [-0.05, 0) is 5.56 Å². The molecule has 4 nitrogen and oxygen atoms in total. The van der Waals surface area contributed by atoms with Gasteiger partial charge in [-0.15, -0.1) is 0 Å². The van der Waals surface area contributed by atoms with Crippen LogP contribution in [0.3, 0.4) is 0 Å². The highest BCUT2D eigenvalue weighted by Crippen LogP contribution is 2.08. The molecule has 0 N–H and O–H groups in total. The van der Waals surface area contributed by atoms with Crippen LogP contribution >= 0.6 is 0 Å². The lowest BCUT2D eigenvalue weighted by Crippen LogP contribution is -2.05. The lowest BCUT2D eigenvalue weighted by Gasteiger charge is -2.04. The van der Waals surface area contributed by atoms with Gasteiger partial charge in [-0.3, -0.25) is 4.79 Å². The highest BCUT2D eigenvalue weighted by molar-refractivity contribution is 5.19. The topological polar surface area (TPSA) is 48.7 Å². The predicted molar refractivity (Wildman–Crippen MR) is 74.0 cm³/mol. The molecule has 0 unspecified atom stereocenters. The molecule has 0 amide bonds. The lowest BCUT2D eigenvalue weighted by molar-refractivity contribution is 0.0914. The third-order valence-corrected chi connectivity index (χ3v) is 2.47. The second-order valence-corrected chi connectivity index (χ2v) is 4.01. The molecule has 1 heterocycles. The first kappa shape index (κ1) is 13.9. The molecule has 0 bridgehead atoms. The van der Waals surface area contributed by atoms with E-state index in [4.69, 9.17) is 13.9 Å². The van der Waals surface area contributed by atoms with Crippen LogP contribution in [0.4, 0.5) is 0 Å². The maximum atomic E-state index is 11.7. The van der Waals surface area contributed by atoms with E-state index in [9.17, 15) is 4.79 Å². The standard InChI is InChI=1S/C16H14O4/c1-2-8-19-16-12-20-14(9-15(16)17)11-18-10-13-6-4-3-5-7-13/h3-7,9,12H,10-11H2,1H3. The molecule has 0 fully saturated rings. The quantitative estimate of drug-likeness (QED) is 0.784. The van der Waals surface area contributed by atoms with Crippen molar-refractivity contribution in [1.82, 2.24) is 0 Å². The van der Waals surface area contributed by atoms with Gasteiger partial charge < -0.3 is 13.9 Å². The zero-order valence-electron chi connectivity index (χ0n) is 11.1. The van der Waals surface area contributed by atoms with Crippen LogP contribution in [-0.4, -0.2) is 0 Å². The van der Waals surface area contributed by atoms with Gasteiger partial charge in [0.05, 0.1) is 6.61 Å². The summed E-state index contributed by atoms with van der Waals surface area (Å²) in [6, 6.07) is 11.1. The summed E-state index contributed by atoms with van der Waals surface area (Å²) in [5.74, 6) is 3.06. The molecule has 102 valence electrons. The van der Waals surface area contributed by atoms with Crippen molar-refractivity contribution < 1.29 is 13.9 Å². The first-order valence-corrected chi connectivity index (χ1v) is 6.11. The van der Waals surface area contributed by atoms with Crippen molar-refractivity contribution in [2.75, 3.05) is 0 Å². The van der Waals surface area contributed by atoms with Crippen LogP contribution in [0.2, 0.25) is 0 Å². The van der Waals surface area contributed by atoms with Crippen molar-refractivity contribution in [1.29, 1.82) is 0 Å². The highest BCUT2D eigenvalue weighted by atomic mass is 16.5. The van der Waals surface area contributed by atoms with Crippen LogP contribution in [0.25, 0.3) is 0 Å². The fourth-order valence-corrected chi connectivity index (χ4v) is 1.54. The smallest absolute Gasteiger partial charge is 0.228 e. The molecule has 2 aromatic rings. The maximum absolute atomic E-state index is 11.7. The fraction of sp³-hybridized carbons (Fsp3) is 0.188. The van der Waals surface area contributed by atoms with Crippen LogP contribution in [0.15, 0.2) is 51.9 Å². The largest absolute Gasteiger partial charge is 0.463 e. The number of ether oxygens (including phenoxy) is 2. The van der Waals surface area contributed by atoms with E-state index in [0.717, 1.165) is 5.56 Å². The monoisotopic (exact) mass is 270 g/mol. The van der Waals surface area contributed by atoms with Gasteiger partial charge in [0.1, 0.15) is 24.7 Å². The van der Waals surface area contributed by atoms with Gasteiger partial charge in [-0.25, -0.2) is 0 Å². The second-order valence-electron chi connectivity index (χ2n) is 4.01. The molecular weight excluding hydrogens is 256 g/mol. The van der Waals surface area contributed by atoms with Gasteiger partial charge in [-0.1, -0.05) is 36.3 Å². The van der Waals surface area contributed by atoms with Crippen molar-refractivity contribution >= 4 is 0 Å². The third-order valence-electron chi connectivity index (χ3n) is 2.47. The molecule has 1 aromatic heterocycles.